The molecule has 0 unspecified atom stereocenters. The molecule has 5 aromatic rings. The summed E-state index contributed by atoms with van der Waals surface area (Å²) >= 11 is 4.22. The lowest BCUT2D eigenvalue weighted by atomic mass is 9.99. The predicted octanol–water partition coefficient (Wildman–Crippen LogP) is 3.13. The third-order valence-corrected chi connectivity index (χ3v) is 6.42. The quantitative estimate of drug-likeness (QED) is 0.408. The number of rotatable bonds is 4. The first-order valence-electron chi connectivity index (χ1n) is 11.0. The van der Waals surface area contributed by atoms with Gasteiger partial charge in [0.2, 0.25) is 11.0 Å². The molecular formula is C22H23N9OS. The van der Waals surface area contributed by atoms with Crippen LogP contribution in [0, 0.1) is 12.8 Å². The molecule has 10 nitrogen and oxygen atoms in total. The van der Waals surface area contributed by atoms with Crippen LogP contribution in [0.3, 0.4) is 0 Å². The van der Waals surface area contributed by atoms with E-state index in [1.807, 2.05) is 23.6 Å². The number of hydrogen-bond acceptors (Lipinski definition) is 9. The first kappa shape index (κ1) is 20.2. The van der Waals surface area contributed by atoms with E-state index in [-0.39, 0.29) is 6.61 Å². The van der Waals surface area contributed by atoms with E-state index >= 15 is 0 Å². The van der Waals surface area contributed by atoms with Crippen LogP contribution in [0.15, 0.2) is 35.5 Å². The van der Waals surface area contributed by atoms with Crippen molar-refractivity contribution in [1.29, 1.82) is 0 Å². The monoisotopic (exact) mass is 461 g/mol. The number of para-hydroxylation sites is 1. The number of aryl methyl sites for hydroxylation is 1. The summed E-state index contributed by atoms with van der Waals surface area (Å²) in [6, 6.07) is 10.3. The third-order valence-electron chi connectivity index (χ3n) is 6.14. The van der Waals surface area contributed by atoms with Crippen molar-refractivity contribution in [3.8, 4) is 5.88 Å². The SMILES string of the molecule is Cc1nn2c(S)nnc2nc1OCc1cc2nc(N3CCC(C)CC3)c3ccccc3n2n1. The van der Waals surface area contributed by atoms with E-state index in [2.05, 4.69) is 62.9 Å². The molecule has 0 spiro atoms. The molecule has 168 valence electrons. The summed E-state index contributed by atoms with van der Waals surface area (Å²) in [5.74, 6) is 2.52. The van der Waals surface area contributed by atoms with Gasteiger partial charge in [0.05, 0.1) is 5.52 Å². The highest BCUT2D eigenvalue weighted by Gasteiger charge is 2.21. The van der Waals surface area contributed by atoms with E-state index in [4.69, 9.17) is 14.8 Å². The molecule has 0 atom stereocenters. The van der Waals surface area contributed by atoms with Gasteiger partial charge in [-0.3, -0.25) is 0 Å². The fourth-order valence-corrected chi connectivity index (χ4v) is 4.47. The fourth-order valence-electron chi connectivity index (χ4n) is 4.29. The Bertz CT molecular complexity index is 1490. The molecule has 4 aromatic heterocycles. The predicted molar refractivity (Wildman–Crippen MR) is 126 cm³/mol. The Balaban J connectivity index is 1.34. The van der Waals surface area contributed by atoms with Crippen LogP contribution in [0.1, 0.15) is 31.2 Å². The highest BCUT2D eigenvalue weighted by atomic mass is 32.1. The summed E-state index contributed by atoms with van der Waals surface area (Å²) < 4.78 is 9.30. The zero-order valence-corrected chi connectivity index (χ0v) is 19.3. The maximum Gasteiger partial charge on any atom is 0.275 e. The minimum absolute atomic E-state index is 0.238. The van der Waals surface area contributed by atoms with Crippen LogP contribution >= 0.6 is 12.6 Å². The fraction of sp³-hybridized carbons (Fsp3) is 0.364. The number of benzene rings is 1. The van der Waals surface area contributed by atoms with Gasteiger partial charge in [-0.2, -0.15) is 19.7 Å². The molecule has 0 bridgehead atoms. The first-order valence-corrected chi connectivity index (χ1v) is 11.5. The molecule has 1 fully saturated rings. The van der Waals surface area contributed by atoms with Crippen LogP contribution in [-0.2, 0) is 6.61 Å². The summed E-state index contributed by atoms with van der Waals surface area (Å²) in [6.45, 7) is 6.42. The van der Waals surface area contributed by atoms with Gasteiger partial charge in [0, 0.05) is 24.5 Å². The van der Waals surface area contributed by atoms with Crippen LogP contribution in [0.25, 0.3) is 22.3 Å². The van der Waals surface area contributed by atoms with E-state index in [1.165, 1.54) is 17.4 Å². The van der Waals surface area contributed by atoms with E-state index < -0.39 is 0 Å². The van der Waals surface area contributed by atoms with Crippen molar-refractivity contribution >= 4 is 40.8 Å². The molecule has 0 saturated carbocycles. The van der Waals surface area contributed by atoms with Gasteiger partial charge < -0.3 is 9.64 Å². The zero-order valence-electron chi connectivity index (χ0n) is 18.4. The van der Waals surface area contributed by atoms with Crippen molar-refractivity contribution < 1.29 is 4.74 Å². The molecule has 1 saturated heterocycles. The second kappa shape index (κ2) is 7.84. The molecule has 1 aromatic carbocycles. The Morgan fingerprint density at radius 1 is 1.06 bits per heavy atom. The number of fused-ring (bicyclic) bond motifs is 4. The number of aromatic nitrogens is 8. The molecule has 0 radical (unpaired) electrons. The summed E-state index contributed by atoms with van der Waals surface area (Å²) in [5.41, 5.74) is 3.21. The zero-order chi connectivity index (χ0) is 22.5. The van der Waals surface area contributed by atoms with Gasteiger partial charge >= 0.3 is 0 Å². The van der Waals surface area contributed by atoms with Gasteiger partial charge in [-0.05, 0) is 37.8 Å². The summed E-state index contributed by atoms with van der Waals surface area (Å²) in [5, 5.41) is 18.5. The highest BCUT2D eigenvalue weighted by Crippen LogP contribution is 2.30. The standard InChI is InChI=1S/C22H23N9OS/c1-13-7-9-29(10-8-13)19-16-5-3-4-6-17(16)30-18(23-19)11-15(28-30)12-32-20-14(2)27-31-21(24-20)25-26-22(31)33/h3-6,11,13H,7-10,12H2,1-2H3,(H,26,33). The minimum atomic E-state index is 0.238. The van der Waals surface area contributed by atoms with E-state index in [0.29, 0.717) is 22.5 Å². The van der Waals surface area contributed by atoms with Crippen molar-refractivity contribution in [1.82, 2.24) is 39.4 Å². The van der Waals surface area contributed by atoms with E-state index in [0.717, 1.165) is 47.1 Å². The van der Waals surface area contributed by atoms with Crippen molar-refractivity contribution in [2.45, 2.75) is 38.5 Å². The van der Waals surface area contributed by atoms with Crippen molar-refractivity contribution in [3.05, 3.63) is 41.7 Å². The van der Waals surface area contributed by atoms with Crippen LogP contribution in [0.4, 0.5) is 5.82 Å². The Kier molecular flexibility index (Phi) is 4.79. The molecule has 0 amide bonds. The average Bonchev–Trinajstić information content (AvgIpc) is 3.41. The van der Waals surface area contributed by atoms with Crippen LogP contribution < -0.4 is 9.64 Å². The highest BCUT2D eigenvalue weighted by molar-refractivity contribution is 7.80. The maximum absolute atomic E-state index is 5.95. The molecule has 1 aliphatic heterocycles. The topological polar surface area (TPSA) is 98.6 Å². The number of ether oxygens (including phenoxy) is 1. The lowest BCUT2D eigenvalue weighted by Gasteiger charge is -2.32. The molecule has 1 aliphatic rings. The number of piperidine rings is 1. The van der Waals surface area contributed by atoms with Crippen LogP contribution in [0.2, 0.25) is 0 Å². The van der Waals surface area contributed by atoms with Crippen LogP contribution in [-0.4, -0.2) is 52.5 Å². The van der Waals surface area contributed by atoms with Gasteiger partial charge in [-0.25, -0.2) is 9.50 Å². The largest absolute Gasteiger partial charge is 0.470 e. The van der Waals surface area contributed by atoms with E-state index in [9.17, 15) is 0 Å². The van der Waals surface area contributed by atoms with Crippen molar-refractivity contribution in [2.24, 2.45) is 5.92 Å². The molecule has 6 rings (SSSR count). The molecule has 0 N–H and O–H groups in total. The lowest BCUT2D eigenvalue weighted by Crippen LogP contribution is -2.33. The number of hydrogen-bond donors (Lipinski definition) is 1. The second-order valence-electron chi connectivity index (χ2n) is 8.53. The lowest BCUT2D eigenvalue weighted by molar-refractivity contribution is 0.284. The molecule has 33 heavy (non-hydrogen) atoms. The normalized spacial score (nSPS) is 15.2. The molecular weight excluding hydrogens is 438 g/mol. The Morgan fingerprint density at radius 3 is 2.73 bits per heavy atom. The Morgan fingerprint density at radius 2 is 1.88 bits per heavy atom. The molecule has 5 heterocycles. The van der Waals surface area contributed by atoms with Gasteiger partial charge in [0.25, 0.3) is 5.78 Å². The van der Waals surface area contributed by atoms with Gasteiger partial charge in [-0.15, -0.1) is 22.8 Å². The second-order valence-corrected chi connectivity index (χ2v) is 8.93. The summed E-state index contributed by atoms with van der Waals surface area (Å²) in [6.07, 6.45) is 2.37. The maximum atomic E-state index is 5.95. The molecule has 0 aliphatic carbocycles. The summed E-state index contributed by atoms with van der Waals surface area (Å²) in [7, 11) is 0. The van der Waals surface area contributed by atoms with Crippen molar-refractivity contribution in [2.75, 3.05) is 18.0 Å². The first-order chi connectivity index (χ1) is 16.1. The van der Waals surface area contributed by atoms with E-state index in [1.54, 1.807) is 0 Å². The number of thiol groups is 1. The van der Waals surface area contributed by atoms with Crippen molar-refractivity contribution in [3.63, 3.8) is 0 Å². The van der Waals surface area contributed by atoms with Gasteiger partial charge in [-0.1, -0.05) is 19.1 Å². The Labute approximate surface area is 195 Å². The Hall–Kier alpha value is -3.47. The molecule has 11 heteroatoms. The van der Waals surface area contributed by atoms with Gasteiger partial charge in [0.15, 0.2) is 5.65 Å². The average molecular weight is 462 g/mol. The summed E-state index contributed by atoms with van der Waals surface area (Å²) in [4.78, 5) is 11.8. The number of anilines is 1. The number of nitrogens with zero attached hydrogens (tertiary/aromatic N) is 9. The minimum Gasteiger partial charge on any atom is -0.470 e. The third kappa shape index (κ3) is 3.52. The smallest absolute Gasteiger partial charge is 0.275 e. The van der Waals surface area contributed by atoms with Crippen LogP contribution in [0.5, 0.6) is 5.88 Å². The van der Waals surface area contributed by atoms with Gasteiger partial charge in [0.1, 0.15) is 23.8 Å².